The lowest BCUT2D eigenvalue weighted by Gasteiger charge is -2.26. The van der Waals surface area contributed by atoms with Crippen molar-refractivity contribution in [1.82, 2.24) is 19.2 Å². The van der Waals surface area contributed by atoms with E-state index in [1.54, 1.807) is 15.8 Å². The fourth-order valence-electron chi connectivity index (χ4n) is 2.98. The van der Waals surface area contributed by atoms with Gasteiger partial charge in [0.1, 0.15) is 5.69 Å². The number of hydrogen-bond acceptors (Lipinski definition) is 3. The van der Waals surface area contributed by atoms with Crippen LogP contribution in [0.15, 0.2) is 30.7 Å². The standard InChI is InChI=1S/C15H20N4O2/c1-17-6-3-4-12(17)15(21)19-7-5-14(20)13(19)8-11-9-16-18(2)10-11/h3-4,6,9-10,13-14,20H,5,7-8H2,1-2H3/t13-,14-/m1/s1. The average Bonchev–Trinajstić information content (AvgIpc) is 3.13. The van der Waals surface area contributed by atoms with E-state index >= 15 is 0 Å². The zero-order valence-electron chi connectivity index (χ0n) is 12.3. The number of carbonyl (C=O) groups excluding carboxylic acids is 1. The summed E-state index contributed by atoms with van der Waals surface area (Å²) in [6.45, 7) is 0.593. The Labute approximate surface area is 123 Å². The predicted octanol–water partition coefficient (Wildman–Crippen LogP) is 0.577. The van der Waals surface area contributed by atoms with E-state index in [4.69, 9.17) is 0 Å². The molecule has 1 aliphatic rings. The number of carbonyl (C=O) groups is 1. The molecule has 1 fully saturated rings. The second kappa shape index (κ2) is 5.37. The first-order chi connectivity index (χ1) is 10.1. The highest BCUT2D eigenvalue weighted by atomic mass is 16.3. The molecule has 6 heteroatoms. The van der Waals surface area contributed by atoms with Gasteiger partial charge >= 0.3 is 0 Å². The van der Waals surface area contributed by atoms with Crippen molar-refractivity contribution < 1.29 is 9.90 Å². The average molecular weight is 288 g/mol. The van der Waals surface area contributed by atoms with Crippen molar-refractivity contribution in [1.29, 1.82) is 0 Å². The largest absolute Gasteiger partial charge is 0.391 e. The van der Waals surface area contributed by atoms with Crippen molar-refractivity contribution in [3.63, 3.8) is 0 Å². The highest BCUT2D eigenvalue weighted by Crippen LogP contribution is 2.24. The van der Waals surface area contributed by atoms with E-state index in [1.165, 1.54) is 0 Å². The summed E-state index contributed by atoms with van der Waals surface area (Å²) in [4.78, 5) is 14.4. The van der Waals surface area contributed by atoms with E-state index in [-0.39, 0.29) is 11.9 Å². The fourth-order valence-corrected chi connectivity index (χ4v) is 2.98. The zero-order valence-corrected chi connectivity index (χ0v) is 12.3. The Morgan fingerprint density at radius 1 is 1.48 bits per heavy atom. The number of nitrogens with zero attached hydrogens (tertiary/aromatic N) is 4. The summed E-state index contributed by atoms with van der Waals surface area (Å²) in [6.07, 6.45) is 6.35. The van der Waals surface area contributed by atoms with E-state index in [1.807, 2.05) is 43.2 Å². The SMILES string of the molecule is Cn1cc(C[C@@H]2[C@H](O)CCN2C(=O)c2cccn2C)cn1. The van der Waals surface area contributed by atoms with Gasteiger partial charge in [0.15, 0.2) is 0 Å². The van der Waals surface area contributed by atoms with Gasteiger partial charge in [-0.1, -0.05) is 0 Å². The van der Waals surface area contributed by atoms with Crippen LogP contribution in [0.4, 0.5) is 0 Å². The van der Waals surface area contributed by atoms with Crippen LogP contribution in [0.3, 0.4) is 0 Å². The van der Waals surface area contributed by atoms with E-state index in [9.17, 15) is 9.90 Å². The zero-order chi connectivity index (χ0) is 15.0. The molecule has 1 aliphatic heterocycles. The number of likely N-dealkylation sites (tertiary alicyclic amines) is 1. The molecule has 1 saturated heterocycles. The summed E-state index contributed by atoms with van der Waals surface area (Å²) in [7, 11) is 3.72. The Morgan fingerprint density at radius 2 is 2.29 bits per heavy atom. The van der Waals surface area contributed by atoms with Crippen molar-refractivity contribution in [2.75, 3.05) is 6.54 Å². The number of hydrogen-bond donors (Lipinski definition) is 1. The van der Waals surface area contributed by atoms with E-state index in [2.05, 4.69) is 5.10 Å². The third-order valence-electron chi connectivity index (χ3n) is 4.14. The summed E-state index contributed by atoms with van der Waals surface area (Å²) < 4.78 is 3.55. The maximum Gasteiger partial charge on any atom is 0.270 e. The summed E-state index contributed by atoms with van der Waals surface area (Å²) in [6, 6.07) is 3.49. The quantitative estimate of drug-likeness (QED) is 0.898. The van der Waals surface area contributed by atoms with Gasteiger partial charge in [0.2, 0.25) is 0 Å². The summed E-state index contributed by atoms with van der Waals surface area (Å²) >= 11 is 0. The second-order valence-electron chi connectivity index (χ2n) is 5.65. The van der Waals surface area contributed by atoms with Gasteiger partial charge in [0.05, 0.1) is 18.3 Å². The lowest BCUT2D eigenvalue weighted by molar-refractivity contribution is 0.0631. The molecule has 0 bridgehead atoms. The molecular formula is C15H20N4O2. The molecule has 112 valence electrons. The second-order valence-corrected chi connectivity index (χ2v) is 5.65. The molecule has 3 heterocycles. The normalized spacial score (nSPS) is 22.0. The van der Waals surface area contributed by atoms with Crippen LogP contribution in [0.5, 0.6) is 0 Å². The third-order valence-corrected chi connectivity index (χ3v) is 4.14. The van der Waals surface area contributed by atoms with Crippen LogP contribution in [0.25, 0.3) is 0 Å². The minimum absolute atomic E-state index is 0.0204. The first-order valence-electron chi connectivity index (χ1n) is 7.14. The maximum atomic E-state index is 12.7. The van der Waals surface area contributed by atoms with Crippen LogP contribution in [0.2, 0.25) is 0 Å². The Hall–Kier alpha value is -2.08. The smallest absolute Gasteiger partial charge is 0.270 e. The number of amides is 1. The number of aliphatic hydroxyl groups is 1. The predicted molar refractivity (Wildman–Crippen MR) is 77.8 cm³/mol. The van der Waals surface area contributed by atoms with Crippen LogP contribution in [-0.4, -0.2) is 49.0 Å². The molecule has 0 aromatic carbocycles. The highest BCUT2D eigenvalue weighted by molar-refractivity contribution is 5.93. The first-order valence-corrected chi connectivity index (χ1v) is 7.14. The van der Waals surface area contributed by atoms with Crippen molar-refractivity contribution in [3.05, 3.63) is 42.0 Å². The van der Waals surface area contributed by atoms with Crippen LogP contribution >= 0.6 is 0 Å². The molecule has 1 amide bonds. The molecule has 21 heavy (non-hydrogen) atoms. The molecule has 6 nitrogen and oxygen atoms in total. The molecule has 2 aromatic rings. The maximum absolute atomic E-state index is 12.7. The summed E-state index contributed by atoms with van der Waals surface area (Å²) in [5, 5.41) is 14.4. The monoisotopic (exact) mass is 288 g/mol. The van der Waals surface area contributed by atoms with Crippen LogP contribution < -0.4 is 0 Å². The van der Waals surface area contributed by atoms with Crippen molar-refractivity contribution in [2.45, 2.75) is 25.0 Å². The highest BCUT2D eigenvalue weighted by Gasteiger charge is 2.37. The van der Waals surface area contributed by atoms with E-state index < -0.39 is 6.10 Å². The van der Waals surface area contributed by atoms with Gasteiger partial charge in [0, 0.05) is 33.0 Å². The lowest BCUT2D eigenvalue weighted by Crippen LogP contribution is -2.41. The van der Waals surface area contributed by atoms with Crippen LogP contribution in [-0.2, 0) is 20.5 Å². The van der Waals surface area contributed by atoms with Crippen LogP contribution in [0.1, 0.15) is 22.5 Å². The number of aromatic nitrogens is 3. The van der Waals surface area contributed by atoms with E-state index in [0.29, 0.717) is 25.1 Å². The van der Waals surface area contributed by atoms with Gasteiger partial charge in [0.25, 0.3) is 5.91 Å². The molecule has 2 atom stereocenters. The fraction of sp³-hybridized carbons (Fsp3) is 0.467. The van der Waals surface area contributed by atoms with Crippen molar-refractivity contribution >= 4 is 5.91 Å². The van der Waals surface area contributed by atoms with Gasteiger partial charge in [-0.25, -0.2) is 0 Å². The van der Waals surface area contributed by atoms with Crippen molar-refractivity contribution in [3.8, 4) is 0 Å². The number of aryl methyl sites for hydroxylation is 2. The summed E-state index contributed by atoms with van der Waals surface area (Å²) in [5.74, 6) is -0.0204. The minimum atomic E-state index is -0.477. The number of rotatable bonds is 3. The minimum Gasteiger partial charge on any atom is -0.391 e. The van der Waals surface area contributed by atoms with Gasteiger partial charge in [-0.05, 0) is 30.5 Å². The molecule has 0 aliphatic carbocycles. The molecule has 0 radical (unpaired) electrons. The third kappa shape index (κ3) is 2.58. The van der Waals surface area contributed by atoms with Gasteiger partial charge in [-0.3, -0.25) is 9.48 Å². The molecule has 1 N–H and O–H groups in total. The van der Waals surface area contributed by atoms with Gasteiger partial charge in [-0.2, -0.15) is 5.10 Å². The number of aliphatic hydroxyl groups excluding tert-OH is 1. The Kier molecular flexibility index (Phi) is 3.55. The molecule has 2 aromatic heterocycles. The Bertz CT molecular complexity index is 646. The Morgan fingerprint density at radius 3 is 2.90 bits per heavy atom. The van der Waals surface area contributed by atoms with Gasteiger partial charge < -0.3 is 14.6 Å². The first kappa shape index (κ1) is 13.9. The van der Waals surface area contributed by atoms with Crippen molar-refractivity contribution in [2.24, 2.45) is 14.1 Å². The van der Waals surface area contributed by atoms with Crippen LogP contribution in [0, 0.1) is 0 Å². The Balaban J connectivity index is 1.80. The topological polar surface area (TPSA) is 63.3 Å². The summed E-state index contributed by atoms with van der Waals surface area (Å²) in [5.41, 5.74) is 1.69. The lowest BCUT2D eigenvalue weighted by atomic mass is 10.0. The molecule has 0 saturated carbocycles. The van der Waals surface area contributed by atoms with Gasteiger partial charge in [-0.15, -0.1) is 0 Å². The molecular weight excluding hydrogens is 268 g/mol. The molecule has 3 rings (SSSR count). The molecule has 0 spiro atoms. The van der Waals surface area contributed by atoms with E-state index in [0.717, 1.165) is 5.56 Å². The molecule has 0 unspecified atom stereocenters.